The average molecular weight is 642 g/mol. The van der Waals surface area contributed by atoms with Crippen LogP contribution in [0.4, 0.5) is 4.79 Å². The summed E-state index contributed by atoms with van der Waals surface area (Å²) in [6.07, 6.45) is 2.87. The molecule has 9 heteroatoms. The summed E-state index contributed by atoms with van der Waals surface area (Å²) in [5.41, 5.74) is 0.620. The fourth-order valence-electron chi connectivity index (χ4n) is 6.68. The molecule has 1 N–H and O–H groups in total. The van der Waals surface area contributed by atoms with E-state index in [9.17, 15) is 9.59 Å². The van der Waals surface area contributed by atoms with Gasteiger partial charge in [0.1, 0.15) is 11.4 Å². The summed E-state index contributed by atoms with van der Waals surface area (Å²) >= 11 is 0. The lowest BCUT2D eigenvalue weighted by Gasteiger charge is -2.43. The highest BCUT2D eigenvalue weighted by Crippen LogP contribution is 2.40. The molecule has 0 saturated heterocycles. The number of benzene rings is 3. The van der Waals surface area contributed by atoms with Crippen LogP contribution < -0.4 is 20.1 Å². The summed E-state index contributed by atoms with van der Waals surface area (Å²) in [6, 6.07) is 26.9. The summed E-state index contributed by atoms with van der Waals surface area (Å²) < 4.78 is 19.7. The second-order valence-electron chi connectivity index (χ2n) is 14.2. The van der Waals surface area contributed by atoms with Crippen molar-refractivity contribution in [3.8, 4) is 5.75 Å². The van der Waals surface area contributed by atoms with Gasteiger partial charge in [-0.05, 0) is 67.6 Å². The zero-order valence-electron chi connectivity index (χ0n) is 28.1. The number of methoxy groups -OCH3 is 1. The lowest BCUT2D eigenvalue weighted by atomic mass is 9.85. The predicted octanol–water partition coefficient (Wildman–Crippen LogP) is 6.58. The van der Waals surface area contributed by atoms with Crippen LogP contribution in [-0.2, 0) is 20.8 Å². The highest BCUT2D eigenvalue weighted by atomic mass is 28.4. The maximum atomic E-state index is 13.5. The number of ether oxygens (including phenoxy) is 2. The summed E-state index contributed by atoms with van der Waals surface area (Å²) in [4.78, 5) is 25.8. The summed E-state index contributed by atoms with van der Waals surface area (Å²) in [7, 11) is -1.55. The van der Waals surface area contributed by atoms with Gasteiger partial charge < -0.3 is 19.2 Å². The third-order valence-corrected chi connectivity index (χ3v) is 13.7. The van der Waals surface area contributed by atoms with Gasteiger partial charge in [0.15, 0.2) is 0 Å². The van der Waals surface area contributed by atoms with Gasteiger partial charge in [-0.1, -0.05) is 93.9 Å². The van der Waals surface area contributed by atoms with Gasteiger partial charge in [-0.25, -0.2) is 4.79 Å². The van der Waals surface area contributed by atoms with Crippen molar-refractivity contribution >= 4 is 41.7 Å². The van der Waals surface area contributed by atoms with E-state index in [0.29, 0.717) is 29.9 Å². The zero-order chi connectivity index (χ0) is 33.1. The summed E-state index contributed by atoms with van der Waals surface area (Å²) in [6.45, 7) is 12.7. The second-order valence-corrected chi connectivity index (χ2v) is 18.4. The Hall–Kier alpha value is -3.95. The van der Waals surface area contributed by atoms with Crippen molar-refractivity contribution in [2.45, 2.75) is 90.5 Å². The SMILES string of the molecule is COC(=O)C1CCCC(NCc2nn(C(=O)OC(C)(C)C)c3cccc(O[Si](c4ccccc4)(c4ccccc4)C(C)(C)C)c23)C1. The van der Waals surface area contributed by atoms with E-state index in [2.05, 4.69) is 74.6 Å². The molecular formula is C37H47N3O5Si. The van der Waals surface area contributed by atoms with Gasteiger partial charge in [0, 0.05) is 12.6 Å². The smallest absolute Gasteiger partial charge is 0.435 e. The van der Waals surface area contributed by atoms with E-state index in [4.69, 9.17) is 19.0 Å². The van der Waals surface area contributed by atoms with Crippen molar-refractivity contribution in [3.63, 3.8) is 0 Å². The van der Waals surface area contributed by atoms with Crippen LogP contribution >= 0.6 is 0 Å². The minimum Gasteiger partial charge on any atom is -0.533 e. The van der Waals surface area contributed by atoms with Gasteiger partial charge in [-0.3, -0.25) is 4.79 Å². The van der Waals surface area contributed by atoms with Crippen LogP contribution in [0.2, 0.25) is 5.04 Å². The Bertz CT molecular complexity index is 1620. The van der Waals surface area contributed by atoms with Crippen LogP contribution in [0.25, 0.3) is 10.9 Å². The highest BCUT2D eigenvalue weighted by molar-refractivity contribution is 7.00. The van der Waals surface area contributed by atoms with Crippen molar-refractivity contribution in [2.75, 3.05) is 7.11 Å². The Balaban J connectivity index is 1.64. The monoisotopic (exact) mass is 641 g/mol. The molecular weight excluding hydrogens is 595 g/mol. The number of nitrogens with zero attached hydrogens (tertiary/aromatic N) is 2. The standard InChI is InChI=1S/C37H47N3O5Si/c1-36(2,3)44-35(42)40-31-22-15-23-32(33(31)30(39-40)25-38-27-17-14-16-26(24-27)34(41)43-7)45-46(37(4,5)6,28-18-10-8-11-19-28)29-20-12-9-13-21-29/h8-13,15,18-23,26-27,38H,14,16-17,24-25H2,1-7H3. The summed E-state index contributed by atoms with van der Waals surface area (Å²) in [5.74, 6) is 0.392. The quantitative estimate of drug-likeness (QED) is 0.172. The first-order chi connectivity index (χ1) is 21.8. The fourth-order valence-corrected chi connectivity index (χ4v) is 11.1. The number of carbonyl (C=O) groups is 2. The van der Waals surface area contributed by atoms with E-state index in [-0.39, 0.29) is 23.0 Å². The number of carbonyl (C=O) groups excluding carboxylic acids is 2. The van der Waals surface area contributed by atoms with E-state index in [0.717, 1.165) is 35.0 Å². The van der Waals surface area contributed by atoms with Crippen molar-refractivity contribution in [1.29, 1.82) is 0 Å². The second kappa shape index (κ2) is 13.4. The molecule has 0 radical (unpaired) electrons. The molecule has 244 valence electrons. The zero-order valence-corrected chi connectivity index (χ0v) is 29.1. The molecule has 46 heavy (non-hydrogen) atoms. The molecule has 0 bridgehead atoms. The highest BCUT2D eigenvalue weighted by Gasteiger charge is 2.52. The molecule has 1 saturated carbocycles. The van der Waals surface area contributed by atoms with Crippen LogP contribution in [-0.4, -0.2) is 48.9 Å². The van der Waals surface area contributed by atoms with Crippen LogP contribution in [0.15, 0.2) is 78.9 Å². The third-order valence-electron chi connectivity index (χ3n) is 8.75. The molecule has 2 atom stereocenters. The fraction of sp³-hybridized carbons (Fsp3) is 0.432. The Morgan fingerprint density at radius 1 is 0.891 bits per heavy atom. The number of esters is 1. The number of hydrogen-bond acceptors (Lipinski definition) is 7. The maximum absolute atomic E-state index is 13.5. The van der Waals surface area contributed by atoms with E-state index < -0.39 is 20.0 Å². The van der Waals surface area contributed by atoms with E-state index in [1.165, 1.54) is 11.8 Å². The van der Waals surface area contributed by atoms with E-state index in [1.54, 1.807) is 0 Å². The van der Waals surface area contributed by atoms with Gasteiger partial charge in [-0.15, -0.1) is 0 Å². The maximum Gasteiger partial charge on any atom is 0.435 e. The van der Waals surface area contributed by atoms with Crippen molar-refractivity contribution in [1.82, 2.24) is 15.1 Å². The van der Waals surface area contributed by atoms with E-state index >= 15 is 0 Å². The number of rotatable bonds is 8. The van der Waals surface area contributed by atoms with Crippen LogP contribution in [0.1, 0.15) is 72.9 Å². The Morgan fingerprint density at radius 2 is 1.52 bits per heavy atom. The molecule has 0 amide bonds. The summed E-state index contributed by atoms with van der Waals surface area (Å²) in [5, 5.41) is 11.3. The molecule has 8 nitrogen and oxygen atoms in total. The molecule has 4 aromatic rings. The van der Waals surface area contributed by atoms with Gasteiger partial charge in [0.2, 0.25) is 0 Å². The number of nitrogens with one attached hydrogen (secondary N) is 1. The average Bonchev–Trinajstić information content (AvgIpc) is 3.41. The van der Waals surface area contributed by atoms with Crippen molar-refractivity contribution < 1.29 is 23.5 Å². The molecule has 1 aliphatic rings. The topological polar surface area (TPSA) is 91.7 Å². The molecule has 5 rings (SSSR count). The van der Waals surface area contributed by atoms with Gasteiger partial charge in [-0.2, -0.15) is 9.78 Å². The van der Waals surface area contributed by atoms with Gasteiger partial charge >= 0.3 is 20.4 Å². The lowest BCUT2D eigenvalue weighted by molar-refractivity contribution is -0.146. The van der Waals surface area contributed by atoms with Crippen LogP contribution in [0.5, 0.6) is 5.75 Å². The van der Waals surface area contributed by atoms with Crippen molar-refractivity contribution in [2.24, 2.45) is 5.92 Å². The molecule has 1 aromatic heterocycles. The number of fused-ring (bicyclic) bond motifs is 1. The minimum atomic E-state index is -2.99. The number of aromatic nitrogens is 2. The van der Waals surface area contributed by atoms with Crippen LogP contribution in [0, 0.1) is 5.92 Å². The molecule has 0 spiro atoms. The molecule has 1 fully saturated rings. The first kappa shape index (κ1) is 33.4. The molecule has 2 unspecified atom stereocenters. The molecule has 1 heterocycles. The lowest BCUT2D eigenvalue weighted by Crippen LogP contribution is -2.68. The number of hydrogen-bond donors (Lipinski definition) is 1. The van der Waals surface area contributed by atoms with Gasteiger partial charge in [0.25, 0.3) is 0 Å². The molecule has 1 aliphatic carbocycles. The largest absolute Gasteiger partial charge is 0.533 e. The molecule has 0 aliphatic heterocycles. The first-order valence-electron chi connectivity index (χ1n) is 16.2. The minimum absolute atomic E-state index is 0.115. The van der Waals surface area contributed by atoms with Crippen molar-refractivity contribution in [3.05, 3.63) is 84.6 Å². The molecule has 3 aromatic carbocycles. The Kier molecular flexibility index (Phi) is 9.74. The van der Waals surface area contributed by atoms with Crippen LogP contribution in [0.3, 0.4) is 0 Å². The Morgan fingerprint density at radius 3 is 2.09 bits per heavy atom. The van der Waals surface area contributed by atoms with Gasteiger partial charge in [0.05, 0.1) is 29.6 Å². The van der Waals surface area contributed by atoms with E-state index in [1.807, 2.05) is 51.1 Å². The third kappa shape index (κ3) is 6.90. The Labute approximate surface area is 273 Å². The normalized spacial score (nSPS) is 17.5. The predicted molar refractivity (Wildman–Crippen MR) is 184 cm³/mol. The first-order valence-corrected chi connectivity index (χ1v) is 18.1.